The number of thiazole rings is 1. The number of thiocarbonyl (C=S) groups is 1. The molecule has 2 aromatic rings. The maximum Gasteiger partial charge on any atom is 0.136 e. The van der Waals surface area contributed by atoms with Crippen LogP contribution in [0.5, 0.6) is 0 Å². The average Bonchev–Trinajstić information content (AvgIpc) is 2.72. The molecular weight excluding hydrogens is 264 g/mol. The Morgan fingerprint density at radius 2 is 2.22 bits per heavy atom. The van der Waals surface area contributed by atoms with E-state index in [-0.39, 0.29) is 0 Å². The zero-order valence-electron chi connectivity index (χ0n) is 10.2. The molecule has 0 saturated heterocycles. The number of aromatic nitrogens is 2. The minimum atomic E-state index is 0.364. The van der Waals surface area contributed by atoms with Gasteiger partial charge in [0.2, 0.25) is 0 Å². The summed E-state index contributed by atoms with van der Waals surface area (Å²) in [5.74, 6) is 0.730. The monoisotopic (exact) mass is 278 g/mol. The van der Waals surface area contributed by atoms with Crippen LogP contribution in [-0.2, 0) is 6.54 Å². The Bertz CT molecular complexity index is 577. The van der Waals surface area contributed by atoms with Crippen LogP contribution in [0.1, 0.15) is 21.0 Å². The summed E-state index contributed by atoms with van der Waals surface area (Å²) in [7, 11) is 0. The van der Waals surface area contributed by atoms with Crippen molar-refractivity contribution in [2.45, 2.75) is 20.4 Å². The van der Waals surface area contributed by atoms with Crippen molar-refractivity contribution >= 4 is 34.4 Å². The molecule has 0 radical (unpaired) electrons. The zero-order chi connectivity index (χ0) is 13.1. The van der Waals surface area contributed by atoms with E-state index >= 15 is 0 Å². The zero-order valence-corrected chi connectivity index (χ0v) is 11.9. The molecule has 0 bridgehead atoms. The quantitative estimate of drug-likeness (QED) is 0.841. The van der Waals surface area contributed by atoms with Gasteiger partial charge >= 0.3 is 0 Å². The van der Waals surface area contributed by atoms with Crippen molar-refractivity contribution in [1.82, 2.24) is 9.97 Å². The summed E-state index contributed by atoms with van der Waals surface area (Å²) in [6, 6.07) is 1.90. The Hall–Kier alpha value is -1.53. The van der Waals surface area contributed by atoms with Crippen LogP contribution >= 0.6 is 23.6 Å². The van der Waals surface area contributed by atoms with E-state index in [1.807, 2.05) is 26.1 Å². The Morgan fingerprint density at radius 3 is 2.83 bits per heavy atom. The summed E-state index contributed by atoms with van der Waals surface area (Å²) in [5, 5.41) is 4.31. The summed E-state index contributed by atoms with van der Waals surface area (Å²) in [6.07, 6.45) is 3.61. The van der Waals surface area contributed by atoms with Crippen molar-refractivity contribution in [3.63, 3.8) is 0 Å². The largest absolute Gasteiger partial charge is 0.389 e. The third-order valence-corrected chi connectivity index (χ3v) is 3.62. The molecule has 18 heavy (non-hydrogen) atoms. The highest BCUT2D eigenvalue weighted by Gasteiger charge is 2.09. The minimum Gasteiger partial charge on any atom is -0.389 e. The van der Waals surface area contributed by atoms with Gasteiger partial charge in [0.05, 0.1) is 17.1 Å². The van der Waals surface area contributed by atoms with E-state index in [1.165, 1.54) is 0 Å². The molecule has 0 unspecified atom stereocenters. The van der Waals surface area contributed by atoms with Crippen LogP contribution in [0.4, 0.5) is 5.82 Å². The SMILES string of the molecule is Cc1ncc(CNc2nccc(C)c2C(N)=S)s1. The third-order valence-electron chi connectivity index (χ3n) is 2.50. The molecule has 94 valence electrons. The van der Waals surface area contributed by atoms with Crippen molar-refractivity contribution in [2.24, 2.45) is 5.73 Å². The molecule has 3 N–H and O–H groups in total. The van der Waals surface area contributed by atoms with Crippen molar-refractivity contribution in [1.29, 1.82) is 0 Å². The molecule has 0 amide bonds. The first-order chi connectivity index (χ1) is 8.58. The van der Waals surface area contributed by atoms with Crippen molar-refractivity contribution in [2.75, 3.05) is 5.32 Å². The second-order valence-corrected chi connectivity index (χ2v) is 5.67. The van der Waals surface area contributed by atoms with Crippen molar-refractivity contribution in [3.8, 4) is 0 Å². The van der Waals surface area contributed by atoms with E-state index in [0.717, 1.165) is 26.8 Å². The molecule has 0 fully saturated rings. The van der Waals surface area contributed by atoms with Crippen LogP contribution in [0, 0.1) is 13.8 Å². The van der Waals surface area contributed by atoms with Gasteiger partial charge in [-0.25, -0.2) is 9.97 Å². The van der Waals surface area contributed by atoms with E-state index < -0.39 is 0 Å². The highest BCUT2D eigenvalue weighted by molar-refractivity contribution is 7.80. The maximum atomic E-state index is 5.73. The highest BCUT2D eigenvalue weighted by atomic mass is 32.1. The molecule has 0 aliphatic carbocycles. The van der Waals surface area contributed by atoms with Crippen LogP contribution < -0.4 is 11.1 Å². The summed E-state index contributed by atoms with van der Waals surface area (Å²) in [5.41, 5.74) is 7.57. The fraction of sp³-hybridized carbons (Fsp3) is 0.250. The van der Waals surface area contributed by atoms with Crippen LogP contribution in [0.2, 0.25) is 0 Å². The summed E-state index contributed by atoms with van der Waals surface area (Å²) >= 11 is 6.72. The maximum absolute atomic E-state index is 5.73. The standard InChI is InChI=1S/C12H14N4S2/c1-7-3-4-14-12(10(7)11(13)17)16-6-9-5-15-8(2)18-9/h3-5H,6H2,1-2H3,(H2,13,17)(H,14,16). The number of nitrogens with zero attached hydrogens (tertiary/aromatic N) is 2. The number of nitrogens with one attached hydrogen (secondary N) is 1. The van der Waals surface area contributed by atoms with Gasteiger partial charge in [-0.05, 0) is 25.5 Å². The Balaban J connectivity index is 2.19. The van der Waals surface area contributed by atoms with Gasteiger partial charge in [-0.1, -0.05) is 12.2 Å². The summed E-state index contributed by atoms with van der Waals surface area (Å²) in [4.78, 5) is 10.0. The molecule has 2 rings (SSSR count). The molecule has 2 aromatic heterocycles. The third kappa shape index (κ3) is 2.83. The Morgan fingerprint density at radius 1 is 1.44 bits per heavy atom. The molecule has 6 heteroatoms. The number of hydrogen-bond donors (Lipinski definition) is 2. The first kappa shape index (κ1) is 12.9. The van der Waals surface area contributed by atoms with Gasteiger partial charge in [0.15, 0.2) is 0 Å². The number of anilines is 1. The number of nitrogens with two attached hydrogens (primary N) is 1. The average molecular weight is 278 g/mol. The van der Waals surface area contributed by atoms with E-state index in [0.29, 0.717) is 11.5 Å². The van der Waals surface area contributed by atoms with E-state index in [4.69, 9.17) is 18.0 Å². The minimum absolute atomic E-state index is 0.364. The Labute approximate surface area is 115 Å². The first-order valence-electron chi connectivity index (χ1n) is 5.48. The molecule has 0 aromatic carbocycles. The molecule has 0 saturated carbocycles. The van der Waals surface area contributed by atoms with E-state index in [1.54, 1.807) is 17.5 Å². The highest BCUT2D eigenvalue weighted by Crippen LogP contribution is 2.19. The number of rotatable bonds is 4. The van der Waals surface area contributed by atoms with Crippen molar-refractivity contribution in [3.05, 3.63) is 39.5 Å². The van der Waals surface area contributed by atoms with Crippen LogP contribution in [0.15, 0.2) is 18.5 Å². The van der Waals surface area contributed by atoms with Gasteiger partial charge in [-0.2, -0.15) is 0 Å². The fourth-order valence-electron chi connectivity index (χ4n) is 1.66. The lowest BCUT2D eigenvalue weighted by Crippen LogP contribution is -2.15. The van der Waals surface area contributed by atoms with Gasteiger partial charge in [-0.15, -0.1) is 11.3 Å². The van der Waals surface area contributed by atoms with Crippen LogP contribution in [0.25, 0.3) is 0 Å². The predicted molar refractivity (Wildman–Crippen MR) is 79.0 cm³/mol. The summed E-state index contributed by atoms with van der Waals surface area (Å²) in [6.45, 7) is 4.63. The second-order valence-electron chi connectivity index (χ2n) is 3.91. The molecular formula is C12H14N4S2. The normalized spacial score (nSPS) is 10.3. The smallest absolute Gasteiger partial charge is 0.136 e. The van der Waals surface area contributed by atoms with E-state index in [9.17, 15) is 0 Å². The lowest BCUT2D eigenvalue weighted by atomic mass is 10.1. The van der Waals surface area contributed by atoms with Gasteiger partial charge in [0.1, 0.15) is 10.8 Å². The molecule has 2 heterocycles. The topological polar surface area (TPSA) is 63.8 Å². The predicted octanol–water partition coefficient (Wildman–Crippen LogP) is 2.40. The lowest BCUT2D eigenvalue weighted by molar-refractivity contribution is 1.12. The Kier molecular flexibility index (Phi) is 3.88. The van der Waals surface area contributed by atoms with E-state index in [2.05, 4.69) is 15.3 Å². The van der Waals surface area contributed by atoms with Crippen molar-refractivity contribution < 1.29 is 0 Å². The van der Waals surface area contributed by atoms with Gasteiger partial charge in [0, 0.05) is 17.3 Å². The molecule has 0 spiro atoms. The van der Waals surface area contributed by atoms with Gasteiger partial charge in [-0.3, -0.25) is 0 Å². The number of pyridine rings is 1. The van der Waals surface area contributed by atoms with Gasteiger partial charge < -0.3 is 11.1 Å². The van der Waals surface area contributed by atoms with Crippen LogP contribution in [-0.4, -0.2) is 15.0 Å². The number of hydrogen-bond acceptors (Lipinski definition) is 5. The lowest BCUT2D eigenvalue weighted by Gasteiger charge is -2.11. The first-order valence-corrected chi connectivity index (χ1v) is 6.71. The second kappa shape index (κ2) is 5.41. The number of aryl methyl sites for hydroxylation is 2. The molecule has 0 aliphatic heterocycles. The fourth-order valence-corrected chi connectivity index (χ4v) is 2.65. The molecule has 0 aliphatic rings. The van der Waals surface area contributed by atoms with Crippen LogP contribution in [0.3, 0.4) is 0 Å². The summed E-state index contributed by atoms with van der Waals surface area (Å²) < 4.78 is 0. The van der Waals surface area contributed by atoms with Gasteiger partial charge in [0.25, 0.3) is 0 Å². The molecule has 4 nitrogen and oxygen atoms in total. The molecule has 0 atom stereocenters.